The highest BCUT2D eigenvalue weighted by Crippen LogP contribution is 2.20. The van der Waals surface area contributed by atoms with Crippen LogP contribution in [-0.2, 0) is 16.1 Å². The van der Waals surface area contributed by atoms with Gasteiger partial charge < -0.3 is 9.47 Å². The minimum absolute atomic E-state index is 0.299. The van der Waals surface area contributed by atoms with Crippen LogP contribution >= 0.6 is 0 Å². The van der Waals surface area contributed by atoms with Crippen molar-refractivity contribution in [2.75, 3.05) is 13.2 Å². The molecule has 0 saturated carbocycles. The van der Waals surface area contributed by atoms with Crippen LogP contribution in [0.15, 0.2) is 12.8 Å². The highest BCUT2D eigenvalue weighted by molar-refractivity contribution is 5.37. The largest absolute Gasteiger partial charge is 0.381 e. The summed E-state index contributed by atoms with van der Waals surface area (Å²) < 4.78 is 11.3. The van der Waals surface area contributed by atoms with E-state index >= 15 is 0 Å². The summed E-state index contributed by atoms with van der Waals surface area (Å²) in [5, 5.41) is 0. The van der Waals surface area contributed by atoms with Crippen LogP contribution in [0.5, 0.6) is 0 Å². The van der Waals surface area contributed by atoms with Gasteiger partial charge in [0, 0.05) is 25.0 Å². The van der Waals surface area contributed by atoms with E-state index in [2.05, 4.69) is 30.4 Å². The van der Waals surface area contributed by atoms with Crippen LogP contribution < -0.4 is 0 Å². The van der Waals surface area contributed by atoms with E-state index in [-0.39, 0.29) is 0 Å². The molecule has 1 aliphatic heterocycles. The molecule has 104 valence electrons. The summed E-state index contributed by atoms with van der Waals surface area (Å²) in [5.41, 5.74) is 2.13. The van der Waals surface area contributed by atoms with Gasteiger partial charge in [-0.15, -0.1) is 0 Å². The van der Waals surface area contributed by atoms with Crippen LogP contribution in [0.3, 0.4) is 0 Å². The molecule has 0 bridgehead atoms. The standard InChI is InChI=1S/C15H22N2O2/c1-4-14-16-9-12(15(17-14)11(2)3)10-19-13-5-7-18-8-6-13/h4,9,11,13H,1,5-8,10H2,2-3H3. The molecule has 1 saturated heterocycles. The third-order valence-electron chi connectivity index (χ3n) is 3.29. The lowest BCUT2D eigenvalue weighted by molar-refractivity contribution is -0.0394. The molecule has 19 heavy (non-hydrogen) atoms. The predicted octanol–water partition coefficient (Wildman–Crippen LogP) is 2.94. The van der Waals surface area contributed by atoms with Crippen LogP contribution in [-0.4, -0.2) is 29.3 Å². The van der Waals surface area contributed by atoms with Crippen molar-refractivity contribution in [2.45, 2.75) is 45.3 Å². The Morgan fingerprint density at radius 1 is 1.47 bits per heavy atom. The first-order chi connectivity index (χ1) is 9.20. The monoisotopic (exact) mass is 262 g/mol. The van der Waals surface area contributed by atoms with E-state index in [9.17, 15) is 0 Å². The van der Waals surface area contributed by atoms with Crippen molar-refractivity contribution in [2.24, 2.45) is 0 Å². The van der Waals surface area contributed by atoms with E-state index in [1.54, 1.807) is 6.08 Å². The van der Waals surface area contributed by atoms with Crippen LogP contribution in [0.4, 0.5) is 0 Å². The van der Waals surface area contributed by atoms with Gasteiger partial charge in [0.05, 0.1) is 18.4 Å². The molecule has 4 nitrogen and oxygen atoms in total. The van der Waals surface area contributed by atoms with E-state index in [0.717, 1.165) is 37.3 Å². The molecule has 1 aromatic heterocycles. The van der Waals surface area contributed by atoms with Crippen molar-refractivity contribution >= 4 is 6.08 Å². The normalized spacial score (nSPS) is 16.8. The highest BCUT2D eigenvalue weighted by atomic mass is 16.5. The molecule has 4 heteroatoms. The van der Waals surface area contributed by atoms with Gasteiger partial charge in [0.25, 0.3) is 0 Å². The van der Waals surface area contributed by atoms with Crippen LogP contribution in [0, 0.1) is 0 Å². The molecular weight excluding hydrogens is 240 g/mol. The molecule has 0 N–H and O–H groups in total. The van der Waals surface area contributed by atoms with E-state index in [0.29, 0.717) is 24.5 Å². The second-order valence-corrected chi connectivity index (χ2v) is 5.12. The minimum Gasteiger partial charge on any atom is -0.381 e. The maximum atomic E-state index is 5.95. The van der Waals surface area contributed by atoms with Crippen LogP contribution in [0.1, 0.15) is 49.7 Å². The molecule has 2 heterocycles. The predicted molar refractivity (Wildman–Crippen MR) is 74.8 cm³/mol. The van der Waals surface area contributed by atoms with Crippen LogP contribution in [0.25, 0.3) is 6.08 Å². The fourth-order valence-corrected chi connectivity index (χ4v) is 2.19. The first-order valence-corrected chi connectivity index (χ1v) is 6.88. The van der Waals surface area contributed by atoms with Gasteiger partial charge in [-0.1, -0.05) is 20.4 Å². The lowest BCUT2D eigenvalue weighted by Crippen LogP contribution is -2.23. The van der Waals surface area contributed by atoms with Crippen molar-refractivity contribution < 1.29 is 9.47 Å². The SMILES string of the molecule is C=Cc1ncc(COC2CCOCC2)c(C(C)C)n1. The quantitative estimate of drug-likeness (QED) is 0.818. The van der Waals surface area contributed by atoms with Crippen molar-refractivity contribution in [3.8, 4) is 0 Å². The average Bonchev–Trinajstić information content (AvgIpc) is 2.46. The Kier molecular flexibility index (Phi) is 5.05. The van der Waals surface area contributed by atoms with Crippen LogP contribution in [0.2, 0.25) is 0 Å². The van der Waals surface area contributed by atoms with Gasteiger partial charge in [-0.3, -0.25) is 0 Å². The van der Waals surface area contributed by atoms with Gasteiger partial charge >= 0.3 is 0 Å². The van der Waals surface area contributed by atoms with Gasteiger partial charge in [0.15, 0.2) is 5.82 Å². The molecule has 0 unspecified atom stereocenters. The lowest BCUT2D eigenvalue weighted by Gasteiger charge is -2.23. The molecule has 1 aromatic rings. The van der Waals surface area contributed by atoms with E-state index < -0.39 is 0 Å². The van der Waals surface area contributed by atoms with E-state index in [4.69, 9.17) is 9.47 Å². The maximum Gasteiger partial charge on any atom is 0.151 e. The van der Waals surface area contributed by atoms with Crippen molar-refractivity contribution in [3.63, 3.8) is 0 Å². The van der Waals surface area contributed by atoms with Gasteiger partial charge in [0.1, 0.15) is 0 Å². The fourth-order valence-electron chi connectivity index (χ4n) is 2.19. The Morgan fingerprint density at radius 2 is 2.21 bits per heavy atom. The second-order valence-electron chi connectivity index (χ2n) is 5.12. The van der Waals surface area contributed by atoms with Gasteiger partial charge in [-0.05, 0) is 24.8 Å². The molecule has 1 fully saturated rings. The smallest absolute Gasteiger partial charge is 0.151 e. The minimum atomic E-state index is 0.299. The molecule has 2 rings (SSSR count). The third kappa shape index (κ3) is 3.85. The number of nitrogens with zero attached hydrogens (tertiary/aromatic N) is 2. The summed E-state index contributed by atoms with van der Waals surface area (Å²) in [7, 11) is 0. The Hall–Kier alpha value is -1.26. The fraction of sp³-hybridized carbons (Fsp3) is 0.600. The van der Waals surface area contributed by atoms with Crippen molar-refractivity contribution in [1.82, 2.24) is 9.97 Å². The number of hydrogen-bond acceptors (Lipinski definition) is 4. The lowest BCUT2D eigenvalue weighted by atomic mass is 10.1. The van der Waals surface area contributed by atoms with E-state index in [1.807, 2.05) is 6.20 Å². The summed E-state index contributed by atoms with van der Waals surface area (Å²) in [4.78, 5) is 8.79. The molecule has 0 atom stereocenters. The number of ether oxygens (including phenoxy) is 2. The van der Waals surface area contributed by atoms with Gasteiger partial charge in [-0.2, -0.15) is 0 Å². The molecule has 0 aliphatic carbocycles. The third-order valence-corrected chi connectivity index (χ3v) is 3.29. The van der Waals surface area contributed by atoms with Gasteiger partial charge in [-0.25, -0.2) is 9.97 Å². The van der Waals surface area contributed by atoms with Crippen molar-refractivity contribution in [1.29, 1.82) is 0 Å². The summed E-state index contributed by atoms with van der Waals surface area (Å²) >= 11 is 0. The zero-order valence-electron chi connectivity index (χ0n) is 11.8. The molecular formula is C15H22N2O2. The first kappa shape index (κ1) is 14.2. The Balaban J connectivity index is 2.03. The zero-order chi connectivity index (χ0) is 13.7. The van der Waals surface area contributed by atoms with Crippen molar-refractivity contribution in [3.05, 3.63) is 29.9 Å². The average molecular weight is 262 g/mol. The Labute approximate surface area is 114 Å². The first-order valence-electron chi connectivity index (χ1n) is 6.88. The van der Waals surface area contributed by atoms with E-state index in [1.165, 1.54) is 0 Å². The summed E-state index contributed by atoms with van der Waals surface area (Å²) in [6, 6.07) is 0. The summed E-state index contributed by atoms with van der Waals surface area (Å²) in [6.45, 7) is 10.2. The number of aromatic nitrogens is 2. The zero-order valence-corrected chi connectivity index (χ0v) is 11.8. The molecule has 0 radical (unpaired) electrons. The summed E-state index contributed by atoms with van der Waals surface area (Å²) in [5.74, 6) is 1.04. The second kappa shape index (κ2) is 6.78. The highest BCUT2D eigenvalue weighted by Gasteiger charge is 2.16. The molecule has 0 aromatic carbocycles. The maximum absolute atomic E-state index is 5.95. The molecule has 0 spiro atoms. The van der Waals surface area contributed by atoms with Gasteiger partial charge in [0.2, 0.25) is 0 Å². The number of rotatable bonds is 5. The summed E-state index contributed by atoms with van der Waals surface area (Å²) in [6.07, 6.45) is 5.78. The Bertz CT molecular complexity index is 426. The topological polar surface area (TPSA) is 44.2 Å². The molecule has 1 aliphatic rings. The molecule has 0 amide bonds. The number of hydrogen-bond donors (Lipinski definition) is 0. The Morgan fingerprint density at radius 3 is 2.84 bits per heavy atom.